The fraction of sp³-hybridized carbons (Fsp3) is 0.321. The average Bonchev–Trinajstić information content (AvgIpc) is 1.58. The molecule has 0 fully saturated rings. The number of ether oxygens (including phenoxy) is 3. The number of carbonyl (C=O) groups is 3. The first kappa shape index (κ1) is 96.1. The van der Waals surface area contributed by atoms with E-state index in [0.29, 0.717) is 118 Å². The smallest absolute Gasteiger partial charge is 0.352 e. The van der Waals surface area contributed by atoms with E-state index in [9.17, 15) is 29.7 Å². The van der Waals surface area contributed by atoms with Crippen molar-refractivity contribution in [3.05, 3.63) is 287 Å². The topological polar surface area (TPSA) is 267 Å². The van der Waals surface area contributed by atoms with Crippen molar-refractivity contribution in [2.24, 2.45) is 42.3 Å². The van der Waals surface area contributed by atoms with Gasteiger partial charge in [0.25, 0.3) is 0 Å². The molecule has 15 heterocycles. The number of carboxylic acids is 3. The Kier molecular flexibility index (Phi) is 27.0. The summed E-state index contributed by atoms with van der Waals surface area (Å²) < 4.78 is 37.4. The molecule has 18 aromatic rings. The molecule has 6 aliphatic rings. The van der Waals surface area contributed by atoms with E-state index in [-0.39, 0.29) is 11.4 Å². The van der Waals surface area contributed by atoms with Crippen molar-refractivity contribution in [3.8, 4) is 50.6 Å². The molecule has 6 aliphatic heterocycles. The van der Waals surface area contributed by atoms with Crippen LogP contribution in [0.25, 0.3) is 98.4 Å². The number of hydrogen-bond donors (Lipinski definition) is 4. The largest absolute Gasteiger partial charge is 0.493 e. The normalized spacial score (nSPS) is 15.6. The van der Waals surface area contributed by atoms with Gasteiger partial charge in [-0.25, -0.2) is 14.4 Å². The van der Waals surface area contributed by atoms with E-state index in [1.165, 1.54) is 17.0 Å². The molecule has 738 valence electrons. The molecule has 0 amide bonds. The van der Waals surface area contributed by atoms with Crippen LogP contribution in [0.4, 0.5) is 0 Å². The van der Waals surface area contributed by atoms with Gasteiger partial charge in [-0.15, -0.1) is 35.3 Å². The SMILES string of the molecule is CCN1Cc2cc(n(C)n2)CSc2cc(c3ccccc3c2)OCCCc2c(C(=O)O)n(C)c3c(c(Cl)ccc23)-c2c(nn3c2CCC3)C1.CN1Cc2cc(n(C)n2)CSc2cc(c3ccccc3c2)OCCCc2c(C(=O)O)n(C)c3c(c(Cl)ccc23)-c2c(cn3c2CCC3)C1.Cn1nc2cc1CSc1cc(c3ccccc3c1)OCCCc1c(C(=O)O)n(C)c3c(c(Cl)ccc13)-c1c(nn3c1CCC3)CNC2. The summed E-state index contributed by atoms with van der Waals surface area (Å²) in [5.41, 5.74) is 24.8. The highest BCUT2D eigenvalue weighted by Gasteiger charge is 2.36. The van der Waals surface area contributed by atoms with Gasteiger partial charge < -0.3 is 53.1 Å². The molecule has 4 N–H and O–H groups in total. The lowest BCUT2D eigenvalue weighted by Gasteiger charge is -2.20. The molecule has 0 atom stereocenters. The number of benzene rings is 9. The summed E-state index contributed by atoms with van der Waals surface area (Å²) in [5.74, 6) is 2.01. The van der Waals surface area contributed by atoms with Crippen LogP contribution in [0.15, 0.2) is 185 Å². The van der Waals surface area contributed by atoms with Crippen molar-refractivity contribution in [1.82, 2.24) is 82.3 Å². The number of aromatic nitrogens is 14. The number of hydrogen-bond acceptors (Lipinski definition) is 17. The Morgan fingerprint density at radius 3 is 1.22 bits per heavy atom. The maximum absolute atomic E-state index is 12.9. The van der Waals surface area contributed by atoms with Gasteiger partial charge in [0.05, 0.1) is 79.9 Å². The predicted molar refractivity (Wildman–Crippen MR) is 573 cm³/mol. The molecule has 0 aliphatic carbocycles. The Morgan fingerprint density at radius 2 is 0.778 bits per heavy atom. The van der Waals surface area contributed by atoms with Gasteiger partial charge in [0.15, 0.2) is 0 Å². The van der Waals surface area contributed by atoms with E-state index >= 15 is 0 Å². The van der Waals surface area contributed by atoms with Crippen LogP contribution in [0.1, 0.15) is 162 Å². The number of thioether (sulfide) groups is 3. The summed E-state index contributed by atoms with van der Waals surface area (Å²) >= 11 is 26.6. The van der Waals surface area contributed by atoms with Crippen LogP contribution >= 0.6 is 70.1 Å². The highest BCUT2D eigenvalue weighted by atomic mass is 35.5. The van der Waals surface area contributed by atoms with Gasteiger partial charge in [0, 0.05) is 239 Å². The number of rotatable bonds is 4. The monoisotopic (exact) mass is 2040 g/mol. The van der Waals surface area contributed by atoms with Crippen molar-refractivity contribution in [2.45, 2.75) is 175 Å². The summed E-state index contributed by atoms with van der Waals surface area (Å²) in [5, 5.41) is 71.0. The highest BCUT2D eigenvalue weighted by Crippen LogP contribution is 2.50. The van der Waals surface area contributed by atoms with Crippen molar-refractivity contribution >= 4 is 153 Å². The zero-order valence-electron chi connectivity index (χ0n) is 81.8. The molecule has 24 rings (SSSR count). The van der Waals surface area contributed by atoms with Gasteiger partial charge in [-0.1, -0.05) is 133 Å². The minimum absolute atomic E-state index is 0.281. The third kappa shape index (κ3) is 18.3. The second kappa shape index (κ2) is 40.4. The zero-order valence-corrected chi connectivity index (χ0v) is 86.5. The van der Waals surface area contributed by atoms with Gasteiger partial charge in [-0.3, -0.25) is 33.2 Å². The summed E-state index contributed by atoms with van der Waals surface area (Å²) in [4.78, 5) is 46.5. The van der Waals surface area contributed by atoms with Gasteiger partial charge in [-0.05, 0) is 202 Å². The Labute approximate surface area is 861 Å². The molecule has 0 saturated heterocycles. The number of nitrogens with zero attached hydrogens (tertiary/aromatic N) is 16. The Morgan fingerprint density at radius 1 is 0.389 bits per heavy atom. The number of carboxylic acid groups (broad SMARTS) is 3. The maximum atomic E-state index is 12.9. The molecule has 9 aromatic carbocycles. The van der Waals surface area contributed by atoms with Gasteiger partial charge in [0.2, 0.25) is 0 Å². The summed E-state index contributed by atoms with van der Waals surface area (Å²) in [6.07, 6.45) is 11.8. The van der Waals surface area contributed by atoms with Crippen LogP contribution in [-0.2, 0) is 157 Å². The van der Waals surface area contributed by atoms with Crippen molar-refractivity contribution in [2.75, 3.05) is 33.4 Å². The van der Waals surface area contributed by atoms with E-state index in [2.05, 4.69) is 152 Å². The van der Waals surface area contributed by atoms with Gasteiger partial charge >= 0.3 is 17.9 Å². The summed E-state index contributed by atoms with van der Waals surface area (Å²) in [7, 11) is 13.7. The van der Waals surface area contributed by atoms with Crippen LogP contribution in [0, 0.1) is 0 Å². The van der Waals surface area contributed by atoms with Crippen LogP contribution < -0.4 is 19.5 Å². The zero-order chi connectivity index (χ0) is 99.1. The molecule has 0 saturated carbocycles. The Balaban J connectivity index is 0.000000123. The molecule has 144 heavy (non-hydrogen) atoms. The minimum Gasteiger partial charge on any atom is -0.493 e. The average molecular weight is 2040 g/mol. The standard InChI is InChI=1S/C38H39ClN6O3S.C38H38ClN5O3S.C36H35ClN6O3S/c1-4-44-20-24-18-25(43(3)40-24)22-49-26-17-23-9-5-6-10-27(23)33(19-26)48-16-8-11-28-29-13-14-30(39)34(36(29)42(2)37(28)38(46)47)35-31(21-44)41-45-15-7-12-32(35)45;1-41-19-24-20-44-14-6-11-32(44)34(24)35-31(39)13-12-30-29(37(38(45)46)42(2)36(30)35)10-7-15-47-33-18-27(16-23-8-4-5-9-28(23)33)48-22-26-17-25(21-41)40-43(26)3;1-41-34-27-11-12-28(37)32(34)33-29(40-43-13-5-10-30(33)43)19-38-18-22-16-23(42(2)39-22)20-47-24-15-21-7-3-4-8-25(21)31(17-24)46-14-6-9-26(27)35(41)36(44)45/h5-6,9-10,13-14,17-19H,4,7-8,11-12,15-16,20-22H2,1-3H3,(H,46,47);4-5,8-9,12-13,16-18,20H,6-7,10-11,14-15,19,21-22H2,1-3H3,(H,45,46);3-4,7-8,11-12,15-17,38H,5-6,9-10,13-14,18-20H2,1-2H3,(H,44,45). The molecule has 24 bridgehead atoms. The lowest BCUT2D eigenvalue weighted by molar-refractivity contribution is 0.0675. The molecule has 26 nitrogen and oxygen atoms in total. The van der Waals surface area contributed by atoms with E-state index in [4.69, 9.17) is 74.5 Å². The second-order valence-electron chi connectivity index (χ2n) is 38.5. The van der Waals surface area contributed by atoms with Crippen LogP contribution in [0.5, 0.6) is 17.2 Å². The van der Waals surface area contributed by atoms with Gasteiger partial charge in [-0.2, -0.15) is 25.5 Å². The summed E-state index contributed by atoms with van der Waals surface area (Å²) in [6, 6.07) is 56.2. The first-order chi connectivity index (χ1) is 69.9. The Hall–Kier alpha value is -12.7. The molecule has 0 spiro atoms. The molecule has 32 heteroatoms. The van der Waals surface area contributed by atoms with Crippen LogP contribution in [0.3, 0.4) is 0 Å². The van der Waals surface area contributed by atoms with Crippen molar-refractivity contribution < 1.29 is 43.9 Å². The lowest BCUT2D eigenvalue weighted by Crippen LogP contribution is -2.23. The van der Waals surface area contributed by atoms with Crippen molar-refractivity contribution in [3.63, 3.8) is 0 Å². The number of halogens is 3. The number of fused-ring (bicyclic) bond motifs is 30. The highest BCUT2D eigenvalue weighted by molar-refractivity contribution is 7.99. The molecule has 0 unspecified atom stereocenters. The maximum Gasteiger partial charge on any atom is 0.352 e. The first-order valence-corrected chi connectivity index (χ1v) is 53.5. The fourth-order valence-corrected chi connectivity index (χ4v) is 26.5. The molecule has 9 aromatic heterocycles. The second-order valence-corrected chi connectivity index (χ2v) is 42.8. The van der Waals surface area contributed by atoms with Gasteiger partial charge in [0.1, 0.15) is 34.3 Å². The van der Waals surface area contributed by atoms with Crippen LogP contribution in [0.2, 0.25) is 15.1 Å². The number of aryl methyl sites for hydroxylation is 12. The minimum atomic E-state index is -0.955. The van der Waals surface area contributed by atoms with E-state index in [1.54, 1.807) is 39.9 Å². The first-order valence-electron chi connectivity index (χ1n) is 49.4. The third-order valence-corrected chi connectivity index (χ3v) is 33.3. The third-order valence-electron chi connectivity index (χ3n) is 29.3. The molecular formula is C112H112Cl3N17O9S3. The van der Waals surface area contributed by atoms with Crippen molar-refractivity contribution in [1.29, 1.82) is 0 Å². The quantitative estimate of drug-likeness (QED) is 0.128. The van der Waals surface area contributed by atoms with E-state index in [0.717, 1.165) is 280 Å². The number of aromatic carboxylic acids is 3. The fourth-order valence-electron chi connectivity index (χ4n) is 22.8. The molecule has 0 radical (unpaired) electrons. The molecular weight excluding hydrogens is 1930 g/mol. The van der Waals surface area contributed by atoms with E-state index < -0.39 is 17.9 Å². The van der Waals surface area contributed by atoms with E-state index in [1.807, 2.05) is 126 Å². The lowest BCUT2D eigenvalue weighted by atomic mass is 9.96. The summed E-state index contributed by atoms with van der Waals surface area (Å²) in [6.45, 7) is 10.9. The Bertz CT molecular complexity index is 8170. The van der Waals surface area contributed by atoms with Crippen LogP contribution in [-0.4, -0.2) is 144 Å². The predicted octanol–water partition coefficient (Wildman–Crippen LogP) is 23.1. The number of nitrogens with one attached hydrogen (secondary N) is 1.